The van der Waals surface area contributed by atoms with Crippen LogP contribution in [0.3, 0.4) is 0 Å². The summed E-state index contributed by atoms with van der Waals surface area (Å²) < 4.78 is 35.0. The summed E-state index contributed by atoms with van der Waals surface area (Å²) in [6.07, 6.45) is 2.16. The molecular weight excluding hydrogens is 442 g/mol. The molecule has 0 aliphatic carbocycles. The van der Waals surface area contributed by atoms with Gasteiger partial charge in [-0.15, -0.1) is 5.10 Å². The van der Waals surface area contributed by atoms with Crippen LogP contribution in [0.15, 0.2) is 48.6 Å². The Morgan fingerprint density at radius 1 is 1.12 bits per heavy atom. The van der Waals surface area contributed by atoms with Crippen LogP contribution in [0, 0.1) is 25.5 Å². The second-order valence-electron chi connectivity index (χ2n) is 8.32. The van der Waals surface area contributed by atoms with E-state index in [2.05, 4.69) is 15.5 Å². The lowest BCUT2D eigenvalue weighted by Crippen LogP contribution is -2.31. The van der Waals surface area contributed by atoms with Gasteiger partial charge in [0.2, 0.25) is 0 Å². The number of aliphatic hydroxyl groups is 1. The summed E-state index contributed by atoms with van der Waals surface area (Å²) in [6, 6.07) is 9.42. The van der Waals surface area contributed by atoms with Crippen molar-refractivity contribution in [2.75, 3.05) is 0 Å². The zero-order chi connectivity index (χ0) is 24.4. The molecule has 3 aromatic rings. The highest BCUT2D eigenvalue weighted by Crippen LogP contribution is 2.34. The Kier molecular flexibility index (Phi) is 6.65. The fraction of sp³-hybridized carbons (Fsp3) is 0.280. The average molecular weight is 466 g/mol. The quantitative estimate of drug-likeness (QED) is 0.456. The lowest BCUT2D eigenvalue weighted by molar-refractivity contribution is -0.156. The van der Waals surface area contributed by atoms with Gasteiger partial charge in [0.05, 0.1) is 12.5 Å². The summed E-state index contributed by atoms with van der Waals surface area (Å²) in [6.45, 7) is 3.32. The molecule has 2 aromatic carbocycles. The first kappa shape index (κ1) is 23.4. The van der Waals surface area contributed by atoms with E-state index in [0.717, 1.165) is 0 Å². The molecule has 1 aliphatic heterocycles. The summed E-state index contributed by atoms with van der Waals surface area (Å²) in [5.41, 5.74) is 3.43. The zero-order valence-corrected chi connectivity index (χ0v) is 19.0. The molecule has 1 N–H and O–H groups in total. The van der Waals surface area contributed by atoms with Crippen LogP contribution in [-0.4, -0.2) is 43.5 Å². The molecule has 7 nitrogen and oxygen atoms in total. The number of halogens is 2. The molecule has 0 unspecified atom stereocenters. The van der Waals surface area contributed by atoms with E-state index in [-0.39, 0.29) is 24.5 Å². The number of ether oxygens (including phenoxy) is 1. The van der Waals surface area contributed by atoms with Crippen LogP contribution in [0.2, 0.25) is 0 Å². The molecule has 34 heavy (non-hydrogen) atoms. The number of hydrogen-bond donors (Lipinski definition) is 1. The van der Waals surface area contributed by atoms with Gasteiger partial charge in [-0.1, -0.05) is 18.2 Å². The van der Waals surface area contributed by atoms with Crippen LogP contribution in [0.25, 0.3) is 11.1 Å². The van der Waals surface area contributed by atoms with Crippen molar-refractivity contribution in [1.29, 1.82) is 0 Å². The second-order valence-corrected chi connectivity index (χ2v) is 8.32. The van der Waals surface area contributed by atoms with Gasteiger partial charge in [-0.05, 0) is 82.4 Å². The second kappa shape index (κ2) is 9.64. The van der Waals surface area contributed by atoms with Gasteiger partial charge in [-0.25, -0.2) is 13.5 Å². The van der Waals surface area contributed by atoms with Crippen molar-refractivity contribution in [3.8, 4) is 0 Å². The SMILES string of the molecule is Cc1cc(C(=C(C=C[C@H]2C[C@H](O)CC(=O)O2)c2nnnn2C)c2ccc(F)c(C)c2)ccc1F. The number of aromatic nitrogens is 4. The van der Waals surface area contributed by atoms with E-state index in [0.29, 0.717) is 39.2 Å². The topological polar surface area (TPSA) is 90.1 Å². The van der Waals surface area contributed by atoms with Crippen LogP contribution in [0.5, 0.6) is 0 Å². The number of allylic oxidation sites excluding steroid dienone is 2. The van der Waals surface area contributed by atoms with Crippen LogP contribution in [0.4, 0.5) is 8.78 Å². The third-order valence-corrected chi connectivity index (χ3v) is 5.69. The maximum atomic E-state index is 14.1. The highest BCUT2D eigenvalue weighted by Gasteiger charge is 2.26. The van der Waals surface area contributed by atoms with E-state index >= 15 is 0 Å². The van der Waals surface area contributed by atoms with Crippen LogP contribution < -0.4 is 0 Å². The number of hydrogen-bond acceptors (Lipinski definition) is 6. The van der Waals surface area contributed by atoms with E-state index in [1.165, 1.54) is 16.8 Å². The number of aliphatic hydroxyl groups excluding tert-OH is 1. The third-order valence-electron chi connectivity index (χ3n) is 5.69. The minimum absolute atomic E-state index is 0.0464. The molecule has 1 aromatic heterocycles. The fourth-order valence-electron chi connectivity index (χ4n) is 3.94. The monoisotopic (exact) mass is 466 g/mol. The van der Waals surface area contributed by atoms with Crippen molar-refractivity contribution >= 4 is 17.1 Å². The van der Waals surface area contributed by atoms with Gasteiger partial charge < -0.3 is 9.84 Å². The number of carbonyl (C=O) groups excluding carboxylic acids is 1. The number of nitrogens with zero attached hydrogens (tertiary/aromatic N) is 4. The van der Waals surface area contributed by atoms with Gasteiger partial charge in [-0.2, -0.15) is 0 Å². The molecule has 0 bridgehead atoms. The third kappa shape index (κ3) is 4.94. The normalized spacial score (nSPS) is 18.2. The molecule has 0 saturated carbocycles. The number of aryl methyl sites for hydroxylation is 3. The number of rotatable bonds is 5. The maximum absolute atomic E-state index is 14.1. The van der Waals surface area contributed by atoms with Crippen molar-refractivity contribution in [2.45, 2.75) is 38.9 Å². The van der Waals surface area contributed by atoms with Gasteiger partial charge in [-0.3, -0.25) is 4.79 Å². The van der Waals surface area contributed by atoms with Gasteiger partial charge >= 0.3 is 5.97 Å². The van der Waals surface area contributed by atoms with Crippen molar-refractivity contribution in [2.24, 2.45) is 7.05 Å². The van der Waals surface area contributed by atoms with Crippen LogP contribution in [0.1, 0.15) is 40.9 Å². The number of benzene rings is 2. The molecule has 0 spiro atoms. The Balaban J connectivity index is 1.96. The largest absolute Gasteiger partial charge is 0.458 e. The van der Waals surface area contributed by atoms with Crippen molar-refractivity contribution in [3.63, 3.8) is 0 Å². The Morgan fingerprint density at radius 3 is 2.24 bits per heavy atom. The molecule has 1 fully saturated rings. The highest BCUT2D eigenvalue weighted by atomic mass is 19.1. The Hall–Kier alpha value is -3.72. The Labute approximate surface area is 195 Å². The van der Waals surface area contributed by atoms with E-state index in [1.807, 2.05) is 0 Å². The Morgan fingerprint density at radius 2 is 1.74 bits per heavy atom. The van der Waals surface area contributed by atoms with Gasteiger partial charge in [0, 0.05) is 19.0 Å². The molecule has 176 valence electrons. The molecular formula is C25H24F2N4O3. The molecule has 4 rings (SSSR count). The zero-order valence-electron chi connectivity index (χ0n) is 19.0. The number of tetrazole rings is 1. The summed E-state index contributed by atoms with van der Waals surface area (Å²) in [5.74, 6) is -0.779. The number of cyclic esters (lactones) is 1. The number of esters is 1. The predicted molar refractivity (Wildman–Crippen MR) is 121 cm³/mol. The van der Waals surface area contributed by atoms with E-state index in [4.69, 9.17) is 4.74 Å². The summed E-state index contributed by atoms with van der Waals surface area (Å²) in [4.78, 5) is 11.8. The standard InChI is InChI=1S/C25H24F2N4O3/c1-14-10-16(4-8-21(14)26)24(17-5-9-22(27)15(2)11-17)20(25-28-29-30-31(25)3)7-6-19-12-18(32)13-23(33)34-19/h4-11,18-19,32H,12-13H2,1-3H3/t18-,19-/m0/s1. The minimum atomic E-state index is -0.793. The van der Waals surface area contributed by atoms with Gasteiger partial charge in [0.1, 0.15) is 17.7 Å². The van der Waals surface area contributed by atoms with Gasteiger partial charge in [0.15, 0.2) is 5.82 Å². The lowest BCUT2D eigenvalue weighted by Gasteiger charge is -2.23. The molecule has 2 heterocycles. The molecule has 2 atom stereocenters. The van der Waals surface area contributed by atoms with Crippen molar-refractivity contribution in [1.82, 2.24) is 20.2 Å². The molecule has 0 radical (unpaired) electrons. The average Bonchev–Trinajstić information content (AvgIpc) is 3.20. The fourth-order valence-corrected chi connectivity index (χ4v) is 3.94. The van der Waals surface area contributed by atoms with Crippen LogP contribution in [-0.2, 0) is 16.6 Å². The van der Waals surface area contributed by atoms with E-state index in [9.17, 15) is 18.7 Å². The van der Waals surface area contributed by atoms with Crippen LogP contribution >= 0.6 is 0 Å². The summed E-state index contributed by atoms with van der Waals surface area (Å²) >= 11 is 0. The first-order valence-corrected chi connectivity index (χ1v) is 10.8. The smallest absolute Gasteiger partial charge is 0.309 e. The van der Waals surface area contributed by atoms with E-state index < -0.39 is 18.2 Å². The predicted octanol–water partition coefficient (Wildman–Crippen LogP) is 3.69. The number of carbonyl (C=O) groups is 1. The minimum Gasteiger partial charge on any atom is -0.458 e. The Bertz CT molecular complexity index is 1250. The summed E-state index contributed by atoms with van der Waals surface area (Å²) in [5, 5.41) is 21.8. The first-order chi connectivity index (χ1) is 16.2. The molecule has 9 heteroatoms. The van der Waals surface area contributed by atoms with Crippen molar-refractivity contribution < 1.29 is 23.4 Å². The van der Waals surface area contributed by atoms with Gasteiger partial charge in [0.25, 0.3) is 0 Å². The maximum Gasteiger partial charge on any atom is 0.309 e. The molecule has 1 aliphatic rings. The van der Waals surface area contributed by atoms with E-state index in [1.54, 1.807) is 57.3 Å². The molecule has 0 amide bonds. The molecule has 1 saturated heterocycles. The first-order valence-electron chi connectivity index (χ1n) is 10.8. The van der Waals surface area contributed by atoms with Crippen molar-refractivity contribution in [3.05, 3.63) is 88.3 Å². The summed E-state index contributed by atoms with van der Waals surface area (Å²) in [7, 11) is 1.68. The highest BCUT2D eigenvalue weighted by molar-refractivity contribution is 6.01. The lowest BCUT2D eigenvalue weighted by atomic mass is 9.90.